The largest absolute Gasteiger partial charge is 0.308 e. The third kappa shape index (κ3) is 2.30. The zero-order valence-electron chi connectivity index (χ0n) is 6.90. The third-order valence-electron chi connectivity index (χ3n) is 1.58. The van der Waals surface area contributed by atoms with Crippen molar-refractivity contribution in [3.05, 3.63) is 46.9 Å². The van der Waals surface area contributed by atoms with Crippen LogP contribution in [0, 0.1) is 17.0 Å². The van der Waals surface area contributed by atoms with Crippen LogP contribution in [0.15, 0.2) is 24.3 Å². The molecule has 4 nitrogen and oxygen atoms in total. The van der Waals surface area contributed by atoms with Gasteiger partial charge in [0.25, 0.3) is 5.69 Å². The molecule has 1 aromatic carbocycles. The summed E-state index contributed by atoms with van der Waals surface area (Å²) in [7, 11) is 0. The smallest absolute Gasteiger partial charge is 0.258 e. The lowest BCUT2D eigenvalue weighted by Gasteiger charge is -1.96. The lowest BCUT2D eigenvalue weighted by molar-refractivity contribution is -0.385. The average molecular weight is 178 g/mol. The third-order valence-corrected chi connectivity index (χ3v) is 1.58. The van der Waals surface area contributed by atoms with Crippen molar-refractivity contribution in [2.24, 2.45) is 0 Å². The number of hydrogen-bond acceptors (Lipinski definition) is 3. The minimum Gasteiger partial charge on any atom is -0.258 e. The topological polar surface area (TPSA) is 60.2 Å². The Morgan fingerprint density at radius 3 is 2.62 bits per heavy atom. The maximum absolute atomic E-state index is 10.7. The number of nitro groups is 1. The molecule has 0 fully saturated rings. The molecule has 0 aliphatic heterocycles. The second-order valence-corrected chi connectivity index (χ2v) is 2.60. The number of nitro benzene ring substituents is 1. The second-order valence-electron chi connectivity index (χ2n) is 2.60. The molecule has 0 amide bonds. The number of Topliss-reactive ketones (excluding diaryl/α,β-unsaturated/α-hetero) is 1. The van der Waals surface area contributed by atoms with Crippen LogP contribution in [-0.4, -0.2) is 10.7 Å². The Bertz CT molecular complexity index is 346. The molecule has 0 saturated heterocycles. The van der Waals surface area contributed by atoms with E-state index in [0.717, 1.165) is 0 Å². The number of carbonyl (C=O) groups excluding carboxylic acids is 1. The fraction of sp³-hybridized carbons (Fsp3) is 0.111. The molecule has 1 aromatic rings. The monoisotopic (exact) mass is 178 g/mol. The molecule has 0 spiro atoms. The van der Waals surface area contributed by atoms with Crippen LogP contribution < -0.4 is 0 Å². The van der Waals surface area contributed by atoms with Gasteiger partial charge < -0.3 is 0 Å². The number of hydrogen-bond donors (Lipinski definition) is 0. The van der Waals surface area contributed by atoms with E-state index in [2.05, 4.69) is 6.92 Å². The van der Waals surface area contributed by atoms with Crippen LogP contribution in [0.25, 0.3) is 0 Å². The van der Waals surface area contributed by atoms with Gasteiger partial charge in [0.2, 0.25) is 0 Å². The van der Waals surface area contributed by atoms with Crippen molar-refractivity contribution in [1.29, 1.82) is 0 Å². The molecule has 1 rings (SSSR count). The number of benzene rings is 1. The highest BCUT2D eigenvalue weighted by molar-refractivity contribution is 5.85. The Morgan fingerprint density at radius 1 is 1.46 bits per heavy atom. The van der Waals surface area contributed by atoms with Gasteiger partial charge in [-0.05, 0) is 0 Å². The van der Waals surface area contributed by atoms with Gasteiger partial charge in [-0.25, -0.2) is 4.79 Å². The van der Waals surface area contributed by atoms with Gasteiger partial charge in [0, 0.05) is 11.6 Å². The van der Waals surface area contributed by atoms with Crippen molar-refractivity contribution in [3.63, 3.8) is 0 Å². The average Bonchev–Trinajstić information content (AvgIpc) is 2.03. The highest BCUT2D eigenvalue weighted by Crippen LogP contribution is 2.17. The maximum atomic E-state index is 10.7. The standard InChI is InChI=1S/C9H8NO3/c1-7(11)6-8-4-2-3-5-9(8)10(12)13/h2-5H,1,6H2/q+1. The summed E-state index contributed by atoms with van der Waals surface area (Å²) >= 11 is 0. The summed E-state index contributed by atoms with van der Waals surface area (Å²) in [4.78, 5) is 20.6. The van der Waals surface area contributed by atoms with Crippen LogP contribution >= 0.6 is 0 Å². The lowest BCUT2D eigenvalue weighted by Crippen LogP contribution is -2.00. The molecule has 0 atom stereocenters. The van der Waals surface area contributed by atoms with E-state index < -0.39 is 4.92 Å². The van der Waals surface area contributed by atoms with E-state index in [9.17, 15) is 14.9 Å². The first kappa shape index (κ1) is 9.25. The summed E-state index contributed by atoms with van der Waals surface area (Å²) in [5.41, 5.74) is 0.381. The minimum absolute atomic E-state index is 0.0111. The number of ketones is 1. The Hall–Kier alpha value is -1.84. The molecular formula is C9H8NO3+. The molecule has 0 unspecified atom stereocenters. The van der Waals surface area contributed by atoms with E-state index in [1.54, 1.807) is 18.2 Å². The van der Waals surface area contributed by atoms with E-state index in [0.29, 0.717) is 5.56 Å². The van der Waals surface area contributed by atoms with E-state index in [1.165, 1.54) is 6.07 Å². The van der Waals surface area contributed by atoms with Gasteiger partial charge >= 0.3 is 5.78 Å². The first-order valence-corrected chi connectivity index (χ1v) is 3.68. The fourth-order valence-corrected chi connectivity index (χ4v) is 1.05. The van der Waals surface area contributed by atoms with Crippen LogP contribution in [0.5, 0.6) is 0 Å². The Kier molecular flexibility index (Phi) is 2.64. The van der Waals surface area contributed by atoms with Crippen molar-refractivity contribution >= 4 is 11.5 Å². The number of carbonyl (C=O) groups is 1. The predicted molar refractivity (Wildman–Crippen MR) is 47.2 cm³/mol. The summed E-state index contributed by atoms with van der Waals surface area (Å²) in [6.45, 7) is 3.17. The van der Waals surface area contributed by atoms with Crippen molar-refractivity contribution in [2.45, 2.75) is 6.42 Å². The van der Waals surface area contributed by atoms with Gasteiger partial charge in [0.1, 0.15) is 6.92 Å². The molecule has 0 saturated carbocycles. The molecule has 0 N–H and O–H groups in total. The Balaban J connectivity index is 3.04. The van der Waals surface area contributed by atoms with E-state index >= 15 is 0 Å². The summed E-state index contributed by atoms with van der Waals surface area (Å²) in [5.74, 6) is -0.325. The SMILES string of the molecule is [CH2+]C(=O)Cc1ccccc1[N+](=O)[O-]. The number of para-hydroxylation sites is 1. The lowest BCUT2D eigenvalue weighted by atomic mass is 10.1. The second kappa shape index (κ2) is 3.71. The van der Waals surface area contributed by atoms with Crippen molar-refractivity contribution in [1.82, 2.24) is 0 Å². The quantitative estimate of drug-likeness (QED) is 0.400. The summed E-state index contributed by atoms with van der Waals surface area (Å²) in [5, 5.41) is 10.5. The maximum Gasteiger partial charge on any atom is 0.308 e. The highest BCUT2D eigenvalue weighted by atomic mass is 16.6. The van der Waals surface area contributed by atoms with E-state index in [-0.39, 0.29) is 17.9 Å². The molecule has 0 heterocycles. The van der Waals surface area contributed by atoms with Gasteiger partial charge in [-0.1, -0.05) is 18.2 Å². The van der Waals surface area contributed by atoms with Crippen LogP contribution in [0.1, 0.15) is 5.56 Å². The Morgan fingerprint density at radius 2 is 2.08 bits per heavy atom. The molecule has 0 bridgehead atoms. The summed E-state index contributed by atoms with van der Waals surface area (Å²) < 4.78 is 0. The Labute approximate surface area is 75.3 Å². The molecular weight excluding hydrogens is 170 g/mol. The first-order chi connectivity index (χ1) is 6.11. The van der Waals surface area contributed by atoms with Gasteiger partial charge in [0.15, 0.2) is 0 Å². The van der Waals surface area contributed by atoms with Gasteiger partial charge in [-0.2, -0.15) is 0 Å². The van der Waals surface area contributed by atoms with Crippen molar-refractivity contribution < 1.29 is 9.72 Å². The zero-order chi connectivity index (χ0) is 9.84. The van der Waals surface area contributed by atoms with Crippen LogP contribution in [0.3, 0.4) is 0 Å². The van der Waals surface area contributed by atoms with Crippen molar-refractivity contribution in [2.75, 3.05) is 0 Å². The van der Waals surface area contributed by atoms with E-state index in [1.807, 2.05) is 0 Å². The summed E-state index contributed by atoms with van der Waals surface area (Å²) in [6.07, 6.45) is 0.0111. The molecule has 0 aromatic heterocycles. The molecule has 0 aliphatic rings. The predicted octanol–water partition coefficient (Wildman–Crippen LogP) is 1.54. The minimum atomic E-state index is -0.502. The normalized spacial score (nSPS) is 9.54. The molecule has 4 heteroatoms. The van der Waals surface area contributed by atoms with Crippen molar-refractivity contribution in [3.8, 4) is 0 Å². The van der Waals surface area contributed by atoms with Crippen LogP contribution in [0.4, 0.5) is 5.69 Å². The molecule has 66 valence electrons. The highest BCUT2D eigenvalue weighted by Gasteiger charge is 2.15. The zero-order valence-corrected chi connectivity index (χ0v) is 6.90. The molecule has 0 aliphatic carbocycles. The summed E-state index contributed by atoms with van der Waals surface area (Å²) in [6, 6.07) is 6.15. The van der Waals surface area contributed by atoms with Gasteiger partial charge in [-0.3, -0.25) is 10.1 Å². The van der Waals surface area contributed by atoms with E-state index in [4.69, 9.17) is 0 Å². The number of nitrogens with zero attached hydrogens (tertiary/aromatic N) is 1. The molecule has 0 radical (unpaired) electrons. The van der Waals surface area contributed by atoms with Crippen LogP contribution in [-0.2, 0) is 11.2 Å². The fourth-order valence-electron chi connectivity index (χ4n) is 1.05. The van der Waals surface area contributed by atoms with Crippen LogP contribution in [0.2, 0.25) is 0 Å². The number of rotatable bonds is 3. The molecule has 13 heavy (non-hydrogen) atoms. The van der Waals surface area contributed by atoms with Gasteiger partial charge in [0.05, 0.1) is 11.3 Å². The van der Waals surface area contributed by atoms with Gasteiger partial charge in [-0.15, -0.1) is 0 Å². The first-order valence-electron chi connectivity index (χ1n) is 3.68.